The number of rotatable bonds is 6. The zero-order chi connectivity index (χ0) is 16.2. The highest BCUT2D eigenvalue weighted by molar-refractivity contribution is 7.99. The van der Waals surface area contributed by atoms with E-state index in [1.54, 1.807) is 0 Å². The normalized spacial score (nSPS) is 13.1. The van der Waals surface area contributed by atoms with E-state index in [-0.39, 0.29) is 18.1 Å². The van der Waals surface area contributed by atoms with Crippen molar-refractivity contribution in [3.8, 4) is 17.1 Å². The Hall–Kier alpha value is -1.78. The molecule has 0 radical (unpaired) electrons. The Bertz CT molecular complexity index is 604. The lowest BCUT2D eigenvalue weighted by Gasteiger charge is -2.08. The van der Waals surface area contributed by atoms with Gasteiger partial charge in [-0.15, -0.1) is 18.3 Å². The summed E-state index contributed by atoms with van der Waals surface area (Å²) in [6.45, 7) is -0.356. The number of aliphatic hydroxyl groups excluding tert-OH is 2. The monoisotopic (exact) mass is 335 g/mol. The first-order valence-electron chi connectivity index (χ1n) is 6.07. The van der Waals surface area contributed by atoms with Crippen LogP contribution in [0.2, 0.25) is 0 Å². The Morgan fingerprint density at radius 3 is 2.55 bits per heavy atom. The zero-order valence-corrected chi connectivity index (χ0v) is 11.9. The summed E-state index contributed by atoms with van der Waals surface area (Å²) in [7, 11) is 0. The van der Waals surface area contributed by atoms with Gasteiger partial charge in [0.1, 0.15) is 5.75 Å². The Morgan fingerprint density at radius 2 is 1.95 bits per heavy atom. The number of nitrogens with one attached hydrogen (secondary N) is 1. The van der Waals surface area contributed by atoms with E-state index in [9.17, 15) is 18.3 Å². The van der Waals surface area contributed by atoms with Gasteiger partial charge in [-0.05, 0) is 24.3 Å². The lowest BCUT2D eigenvalue weighted by molar-refractivity contribution is -0.274. The fraction of sp³-hybridized carbons (Fsp3) is 0.333. The third-order valence-electron chi connectivity index (χ3n) is 2.44. The van der Waals surface area contributed by atoms with Gasteiger partial charge >= 0.3 is 6.36 Å². The fourth-order valence-electron chi connectivity index (χ4n) is 1.48. The second-order valence-corrected chi connectivity index (χ2v) is 5.17. The van der Waals surface area contributed by atoms with Gasteiger partial charge in [0.15, 0.2) is 5.82 Å². The molecule has 0 saturated carbocycles. The Morgan fingerprint density at radius 1 is 1.27 bits per heavy atom. The van der Waals surface area contributed by atoms with Crippen LogP contribution in [0.3, 0.4) is 0 Å². The topological polar surface area (TPSA) is 91.3 Å². The van der Waals surface area contributed by atoms with Gasteiger partial charge in [-0.3, -0.25) is 5.10 Å². The van der Waals surface area contributed by atoms with Crippen LogP contribution in [0.1, 0.15) is 0 Å². The number of aliphatic hydroxyl groups is 2. The number of aromatic nitrogens is 3. The molecule has 1 aromatic carbocycles. The highest BCUT2D eigenvalue weighted by Gasteiger charge is 2.31. The van der Waals surface area contributed by atoms with Crippen molar-refractivity contribution in [2.24, 2.45) is 0 Å². The molecule has 1 atom stereocenters. The number of benzene rings is 1. The average Bonchev–Trinajstić information content (AvgIpc) is 2.92. The minimum atomic E-state index is -4.73. The molecule has 1 heterocycles. The van der Waals surface area contributed by atoms with Gasteiger partial charge in [0.2, 0.25) is 5.16 Å². The Labute approximate surface area is 127 Å². The summed E-state index contributed by atoms with van der Waals surface area (Å²) >= 11 is 1.14. The van der Waals surface area contributed by atoms with Crippen LogP contribution >= 0.6 is 11.8 Å². The third-order valence-corrected chi connectivity index (χ3v) is 3.43. The molecule has 3 N–H and O–H groups in total. The lowest BCUT2D eigenvalue weighted by atomic mass is 10.2. The van der Waals surface area contributed by atoms with E-state index in [0.717, 1.165) is 11.8 Å². The molecule has 1 aromatic heterocycles. The van der Waals surface area contributed by atoms with E-state index < -0.39 is 12.5 Å². The molecule has 1 unspecified atom stereocenters. The summed E-state index contributed by atoms with van der Waals surface area (Å²) in [5.74, 6) is 0.280. The molecule has 0 aliphatic heterocycles. The number of nitrogens with zero attached hydrogens (tertiary/aromatic N) is 2. The maximum Gasteiger partial charge on any atom is 0.573 e. The second-order valence-electron chi connectivity index (χ2n) is 4.19. The summed E-state index contributed by atoms with van der Waals surface area (Å²) < 4.78 is 39.9. The number of hydrogen-bond donors (Lipinski definition) is 3. The van der Waals surface area contributed by atoms with E-state index in [4.69, 9.17) is 5.11 Å². The third kappa shape index (κ3) is 4.90. The van der Waals surface area contributed by atoms with E-state index in [0.29, 0.717) is 16.5 Å². The first-order valence-corrected chi connectivity index (χ1v) is 7.06. The molecule has 0 aliphatic rings. The molecule has 0 fully saturated rings. The summed E-state index contributed by atoms with van der Waals surface area (Å²) in [4.78, 5) is 4.13. The fourth-order valence-corrected chi connectivity index (χ4v) is 2.19. The van der Waals surface area contributed by atoms with Crippen molar-refractivity contribution in [2.45, 2.75) is 17.6 Å². The van der Waals surface area contributed by atoms with Crippen molar-refractivity contribution in [2.75, 3.05) is 12.4 Å². The van der Waals surface area contributed by atoms with Gasteiger partial charge < -0.3 is 14.9 Å². The summed E-state index contributed by atoms with van der Waals surface area (Å²) in [5.41, 5.74) is 0.539. The van der Waals surface area contributed by atoms with Crippen LogP contribution in [0, 0.1) is 0 Å². The number of hydrogen-bond acceptors (Lipinski definition) is 6. The number of alkyl halides is 3. The molecule has 6 nitrogen and oxygen atoms in total. The van der Waals surface area contributed by atoms with Gasteiger partial charge in [0, 0.05) is 11.3 Å². The van der Waals surface area contributed by atoms with Crippen molar-refractivity contribution >= 4 is 11.8 Å². The molecule has 22 heavy (non-hydrogen) atoms. The van der Waals surface area contributed by atoms with Crippen molar-refractivity contribution in [3.63, 3.8) is 0 Å². The molecule has 0 spiro atoms. The number of thioether (sulfide) groups is 1. The Kier molecular flexibility index (Phi) is 5.27. The van der Waals surface area contributed by atoms with Crippen LogP contribution in [-0.4, -0.2) is 50.2 Å². The standard InChI is InChI=1S/C12H12F3N3O3S/c13-12(14,15)21-9-3-1-7(2-4-9)10-16-11(18-17-10)22-6-8(20)5-19/h1-4,8,19-20H,5-6H2,(H,16,17,18). The van der Waals surface area contributed by atoms with E-state index >= 15 is 0 Å². The van der Waals surface area contributed by atoms with Crippen LogP contribution in [0.15, 0.2) is 29.4 Å². The van der Waals surface area contributed by atoms with E-state index in [1.807, 2.05) is 0 Å². The number of ether oxygens (including phenoxy) is 1. The zero-order valence-electron chi connectivity index (χ0n) is 11.0. The molecule has 0 bridgehead atoms. The second kappa shape index (κ2) is 6.99. The van der Waals surface area contributed by atoms with E-state index in [1.165, 1.54) is 24.3 Å². The van der Waals surface area contributed by atoms with Crippen LogP contribution in [-0.2, 0) is 0 Å². The first-order chi connectivity index (χ1) is 10.4. The molecule has 2 rings (SSSR count). The maximum absolute atomic E-state index is 12.1. The van der Waals surface area contributed by atoms with Crippen molar-refractivity contribution in [1.29, 1.82) is 0 Å². The smallest absolute Gasteiger partial charge is 0.406 e. The summed E-state index contributed by atoms with van der Waals surface area (Å²) in [5, 5.41) is 24.8. The Balaban J connectivity index is 2.01. The number of H-pyrrole nitrogens is 1. The average molecular weight is 335 g/mol. The molecule has 0 amide bonds. The first kappa shape index (κ1) is 16.6. The molecule has 120 valence electrons. The minimum absolute atomic E-state index is 0.228. The SMILES string of the molecule is OCC(O)CSc1n[nH]c(-c2ccc(OC(F)(F)F)cc2)n1. The van der Waals surface area contributed by atoms with Crippen molar-refractivity contribution < 1.29 is 28.1 Å². The summed E-state index contributed by atoms with van der Waals surface area (Å²) in [6.07, 6.45) is -5.60. The molecule has 2 aromatic rings. The molecular formula is C12H12F3N3O3S. The number of halogens is 3. The van der Waals surface area contributed by atoms with Crippen molar-refractivity contribution in [3.05, 3.63) is 24.3 Å². The molecule has 0 saturated heterocycles. The van der Waals surface area contributed by atoms with E-state index in [2.05, 4.69) is 19.9 Å². The quantitative estimate of drug-likeness (QED) is 0.698. The van der Waals surface area contributed by atoms with Gasteiger partial charge in [0.25, 0.3) is 0 Å². The van der Waals surface area contributed by atoms with Crippen molar-refractivity contribution in [1.82, 2.24) is 15.2 Å². The highest BCUT2D eigenvalue weighted by atomic mass is 32.2. The predicted molar refractivity (Wildman–Crippen MR) is 72.3 cm³/mol. The lowest BCUT2D eigenvalue weighted by Crippen LogP contribution is -2.16. The largest absolute Gasteiger partial charge is 0.573 e. The summed E-state index contributed by atoms with van der Waals surface area (Å²) in [6, 6.07) is 5.18. The minimum Gasteiger partial charge on any atom is -0.406 e. The molecule has 10 heteroatoms. The van der Waals surface area contributed by atoms with Crippen LogP contribution in [0.4, 0.5) is 13.2 Å². The highest BCUT2D eigenvalue weighted by Crippen LogP contribution is 2.26. The van der Waals surface area contributed by atoms with Crippen LogP contribution < -0.4 is 4.74 Å². The van der Waals surface area contributed by atoms with Gasteiger partial charge in [-0.1, -0.05) is 11.8 Å². The molecular weight excluding hydrogens is 323 g/mol. The predicted octanol–water partition coefficient (Wildman–Crippen LogP) is 1.82. The van der Waals surface area contributed by atoms with Gasteiger partial charge in [-0.25, -0.2) is 4.98 Å². The van der Waals surface area contributed by atoms with Crippen LogP contribution in [0.25, 0.3) is 11.4 Å². The van der Waals surface area contributed by atoms with Gasteiger partial charge in [-0.2, -0.15) is 0 Å². The maximum atomic E-state index is 12.1. The van der Waals surface area contributed by atoms with Crippen LogP contribution in [0.5, 0.6) is 5.75 Å². The number of aromatic amines is 1. The molecule has 0 aliphatic carbocycles. The van der Waals surface area contributed by atoms with Gasteiger partial charge in [0.05, 0.1) is 12.7 Å².